The second-order valence-corrected chi connectivity index (χ2v) is 4.73. The Labute approximate surface area is 111 Å². The smallest absolute Gasteiger partial charge is 0.251 e. The van der Waals surface area contributed by atoms with Crippen molar-refractivity contribution >= 4 is 5.91 Å². The molecule has 2 aromatic rings. The maximum Gasteiger partial charge on any atom is 0.251 e. The Morgan fingerprint density at radius 3 is 2.79 bits per heavy atom. The largest absolute Gasteiger partial charge is 0.506 e. The lowest BCUT2D eigenvalue weighted by atomic mass is 10.1. The number of rotatable bonds is 3. The van der Waals surface area contributed by atoms with Crippen molar-refractivity contribution in [2.24, 2.45) is 0 Å². The van der Waals surface area contributed by atoms with Crippen LogP contribution in [0.15, 0.2) is 42.6 Å². The van der Waals surface area contributed by atoms with Crippen molar-refractivity contribution < 1.29 is 9.90 Å². The average Bonchev–Trinajstić information content (AvgIpc) is 3.24. The third kappa shape index (κ3) is 2.73. The number of aromatic nitrogens is 1. The van der Waals surface area contributed by atoms with E-state index in [1.54, 1.807) is 18.2 Å². The van der Waals surface area contributed by atoms with Crippen LogP contribution in [0.2, 0.25) is 0 Å². The van der Waals surface area contributed by atoms with Gasteiger partial charge in [-0.1, -0.05) is 12.1 Å². The molecule has 4 nitrogen and oxygen atoms in total. The number of amides is 1. The van der Waals surface area contributed by atoms with Crippen LogP contribution in [0.4, 0.5) is 0 Å². The molecule has 2 N–H and O–H groups in total. The molecule has 0 bridgehead atoms. The Hall–Kier alpha value is -2.36. The maximum absolute atomic E-state index is 12.0. The molecular weight excluding hydrogens is 240 g/mol. The minimum absolute atomic E-state index is 0.0388. The van der Waals surface area contributed by atoms with Crippen molar-refractivity contribution in [2.45, 2.75) is 18.9 Å². The second kappa shape index (κ2) is 4.72. The molecule has 1 aliphatic carbocycles. The van der Waals surface area contributed by atoms with Gasteiger partial charge in [-0.3, -0.25) is 9.78 Å². The summed E-state index contributed by atoms with van der Waals surface area (Å²) in [5.41, 5.74) is 2.24. The summed E-state index contributed by atoms with van der Waals surface area (Å²) in [6.45, 7) is 0. The normalized spacial score (nSPS) is 14.1. The highest BCUT2D eigenvalue weighted by molar-refractivity contribution is 5.95. The Balaban J connectivity index is 1.86. The molecule has 1 saturated carbocycles. The van der Waals surface area contributed by atoms with Crippen LogP contribution >= 0.6 is 0 Å². The number of pyridine rings is 1. The van der Waals surface area contributed by atoms with Gasteiger partial charge in [0.25, 0.3) is 5.91 Å². The zero-order chi connectivity index (χ0) is 13.2. The van der Waals surface area contributed by atoms with Gasteiger partial charge in [0.05, 0.1) is 11.9 Å². The first-order valence-electron chi connectivity index (χ1n) is 6.29. The quantitative estimate of drug-likeness (QED) is 0.883. The molecule has 0 atom stereocenters. The van der Waals surface area contributed by atoms with E-state index in [9.17, 15) is 9.90 Å². The number of hydrogen-bond donors (Lipinski definition) is 2. The Bertz CT molecular complexity index is 604. The van der Waals surface area contributed by atoms with Gasteiger partial charge in [-0.25, -0.2) is 0 Å². The molecule has 0 unspecified atom stereocenters. The molecule has 19 heavy (non-hydrogen) atoms. The molecule has 1 aromatic carbocycles. The lowest BCUT2D eigenvalue weighted by Gasteiger charge is -2.06. The van der Waals surface area contributed by atoms with Crippen LogP contribution in [0.1, 0.15) is 23.2 Å². The summed E-state index contributed by atoms with van der Waals surface area (Å²) in [6, 6.07) is 11.0. The molecule has 1 aliphatic rings. The minimum Gasteiger partial charge on any atom is -0.506 e. The fourth-order valence-corrected chi connectivity index (χ4v) is 1.87. The van der Waals surface area contributed by atoms with E-state index in [1.807, 2.05) is 18.2 Å². The number of nitrogens with zero attached hydrogens (tertiary/aromatic N) is 1. The van der Waals surface area contributed by atoms with E-state index in [1.165, 1.54) is 6.20 Å². The number of hydrogen-bond acceptors (Lipinski definition) is 3. The van der Waals surface area contributed by atoms with Crippen molar-refractivity contribution in [3.8, 4) is 17.0 Å². The summed E-state index contributed by atoms with van der Waals surface area (Å²) in [5.74, 6) is 0.0921. The third-order valence-corrected chi connectivity index (χ3v) is 3.08. The highest BCUT2D eigenvalue weighted by Crippen LogP contribution is 2.22. The zero-order valence-electron chi connectivity index (χ0n) is 10.3. The number of aromatic hydroxyl groups is 1. The van der Waals surface area contributed by atoms with Gasteiger partial charge >= 0.3 is 0 Å². The first-order valence-corrected chi connectivity index (χ1v) is 6.29. The zero-order valence-corrected chi connectivity index (χ0v) is 10.3. The maximum atomic E-state index is 12.0. The fraction of sp³-hybridized carbons (Fsp3) is 0.200. The fourth-order valence-electron chi connectivity index (χ4n) is 1.87. The summed E-state index contributed by atoms with van der Waals surface area (Å²) in [6.07, 6.45) is 3.54. The van der Waals surface area contributed by atoms with E-state index < -0.39 is 0 Å². The predicted octanol–water partition coefficient (Wildman–Crippen LogP) is 2.35. The molecule has 0 aliphatic heterocycles. The van der Waals surface area contributed by atoms with E-state index in [-0.39, 0.29) is 11.7 Å². The topological polar surface area (TPSA) is 62.2 Å². The third-order valence-electron chi connectivity index (χ3n) is 3.08. The van der Waals surface area contributed by atoms with Crippen LogP contribution in [0.5, 0.6) is 5.75 Å². The molecule has 4 heteroatoms. The van der Waals surface area contributed by atoms with Crippen LogP contribution in [-0.4, -0.2) is 22.0 Å². The Morgan fingerprint density at radius 2 is 2.11 bits per heavy atom. The van der Waals surface area contributed by atoms with E-state index in [2.05, 4.69) is 10.3 Å². The van der Waals surface area contributed by atoms with Crippen LogP contribution in [0, 0.1) is 0 Å². The van der Waals surface area contributed by atoms with Crippen molar-refractivity contribution in [3.05, 3.63) is 48.2 Å². The monoisotopic (exact) mass is 254 g/mol. The summed E-state index contributed by atoms with van der Waals surface area (Å²) in [4.78, 5) is 16.1. The lowest BCUT2D eigenvalue weighted by molar-refractivity contribution is 0.0951. The standard InChI is InChI=1S/C15H14N2O2/c18-13-6-7-14(16-9-13)10-2-1-3-11(8-10)15(19)17-12-4-5-12/h1-3,6-9,12,18H,4-5H2,(H,17,19). The van der Waals surface area contributed by atoms with Gasteiger partial charge in [-0.15, -0.1) is 0 Å². The minimum atomic E-state index is -0.0388. The van der Waals surface area contributed by atoms with Crippen molar-refractivity contribution in [1.29, 1.82) is 0 Å². The van der Waals surface area contributed by atoms with Gasteiger partial charge in [0.2, 0.25) is 0 Å². The number of nitrogens with one attached hydrogen (secondary N) is 1. The van der Waals surface area contributed by atoms with E-state index in [4.69, 9.17) is 0 Å². The molecule has 96 valence electrons. The molecule has 1 fully saturated rings. The van der Waals surface area contributed by atoms with Crippen LogP contribution in [-0.2, 0) is 0 Å². The van der Waals surface area contributed by atoms with Gasteiger partial charge < -0.3 is 10.4 Å². The molecule has 1 amide bonds. The molecular formula is C15H14N2O2. The molecule has 1 aromatic heterocycles. The predicted molar refractivity (Wildman–Crippen MR) is 71.8 cm³/mol. The number of benzene rings is 1. The Kier molecular flexibility index (Phi) is 2.91. The first kappa shape index (κ1) is 11.7. The van der Waals surface area contributed by atoms with Crippen LogP contribution in [0.25, 0.3) is 11.3 Å². The van der Waals surface area contributed by atoms with E-state index >= 15 is 0 Å². The van der Waals surface area contributed by atoms with E-state index in [0.29, 0.717) is 11.6 Å². The van der Waals surface area contributed by atoms with Gasteiger partial charge in [0.1, 0.15) is 5.75 Å². The van der Waals surface area contributed by atoms with Crippen molar-refractivity contribution in [3.63, 3.8) is 0 Å². The molecule has 1 heterocycles. The lowest BCUT2D eigenvalue weighted by Crippen LogP contribution is -2.25. The number of carbonyl (C=O) groups excluding carboxylic acids is 1. The molecule has 3 rings (SSSR count). The van der Waals surface area contributed by atoms with Crippen LogP contribution < -0.4 is 5.32 Å². The molecule has 0 radical (unpaired) electrons. The summed E-state index contributed by atoms with van der Waals surface area (Å²) >= 11 is 0. The van der Waals surface area contributed by atoms with Crippen LogP contribution in [0.3, 0.4) is 0 Å². The van der Waals surface area contributed by atoms with Gasteiger partial charge in [0.15, 0.2) is 0 Å². The molecule has 0 saturated heterocycles. The highest BCUT2D eigenvalue weighted by atomic mass is 16.3. The highest BCUT2D eigenvalue weighted by Gasteiger charge is 2.23. The summed E-state index contributed by atoms with van der Waals surface area (Å²) in [5, 5.41) is 12.2. The van der Waals surface area contributed by atoms with Crippen molar-refractivity contribution in [1.82, 2.24) is 10.3 Å². The summed E-state index contributed by atoms with van der Waals surface area (Å²) < 4.78 is 0. The van der Waals surface area contributed by atoms with E-state index in [0.717, 1.165) is 24.1 Å². The van der Waals surface area contributed by atoms with Crippen molar-refractivity contribution in [2.75, 3.05) is 0 Å². The number of carbonyl (C=O) groups is 1. The first-order chi connectivity index (χ1) is 9.22. The summed E-state index contributed by atoms with van der Waals surface area (Å²) in [7, 11) is 0. The molecule has 0 spiro atoms. The Morgan fingerprint density at radius 1 is 1.26 bits per heavy atom. The SMILES string of the molecule is O=C(NC1CC1)c1cccc(-c2ccc(O)cn2)c1. The second-order valence-electron chi connectivity index (χ2n) is 4.73. The van der Waals surface area contributed by atoms with Gasteiger partial charge in [0, 0.05) is 17.2 Å². The van der Waals surface area contributed by atoms with Gasteiger partial charge in [-0.2, -0.15) is 0 Å². The van der Waals surface area contributed by atoms with Gasteiger partial charge in [-0.05, 0) is 37.1 Å². The average molecular weight is 254 g/mol.